The van der Waals surface area contributed by atoms with Crippen LogP contribution in [-0.2, 0) is 9.53 Å². The fourth-order valence-corrected chi connectivity index (χ4v) is 1.08. The molecule has 2 amide bonds. The van der Waals surface area contributed by atoms with Crippen molar-refractivity contribution in [2.75, 3.05) is 20.1 Å². The minimum atomic E-state index is -0.493. The molecule has 17 heavy (non-hydrogen) atoms. The van der Waals surface area contributed by atoms with E-state index < -0.39 is 11.7 Å². The van der Waals surface area contributed by atoms with E-state index in [0.29, 0.717) is 13.1 Å². The maximum Gasteiger partial charge on any atom is 0.407 e. The number of likely N-dealkylation sites (N-methyl/N-ethyl adjacent to an activating group) is 1. The summed E-state index contributed by atoms with van der Waals surface area (Å²) in [7, 11) is 1.58. The van der Waals surface area contributed by atoms with Crippen LogP contribution in [0.4, 0.5) is 4.79 Å². The molecule has 0 bridgehead atoms. The van der Waals surface area contributed by atoms with Crippen molar-refractivity contribution >= 4 is 12.0 Å². The fourth-order valence-electron chi connectivity index (χ4n) is 1.08. The van der Waals surface area contributed by atoms with Gasteiger partial charge in [0.2, 0.25) is 5.91 Å². The Morgan fingerprint density at radius 1 is 1.24 bits per heavy atom. The summed E-state index contributed by atoms with van der Waals surface area (Å²) in [4.78, 5) is 22.4. The Hall–Kier alpha value is -1.30. The predicted octanol–water partition coefficient (Wildman–Crippen LogP) is 0.235. The van der Waals surface area contributed by atoms with Gasteiger partial charge in [-0.15, -0.1) is 0 Å². The van der Waals surface area contributed by atoms with Gasteiger partial charge in [-0.25, -0.2) is 4.79 Å². The Labute approximate surface area is 102 Å². The molecule has 0 aliphatic carbocycles. The molecule has 0 aromatic carbocycles. The number of carbonyl (C=O) groups is 2. The molecule has 0 fully saturated rings. The first-order chi connectivity index (χ1) is 7.76. The van der Waals surface area contributed by atoms with Crippen LogP contribution in [-0.4, -0.2) is 43.8 Å². The minimum Gasteiger partial charge on any atom is -0.444 e. The molecule has 0 aliphatic heterocycles. The summed E-state index contributed by atoms with van der Waals surface area (Å²) in [5, 5.41) is 8.10. The molecule has 6 heteroatoms. The smallest absolute Gasteiger partial charge is 0.407 e. The molecule has 0 radical (unpaired) electrons. The maximum atomic E-state index is 11.3. The molecule has 1 unspecified atom stereocenters. The molecule has 0 heterocycles. The van der Waals surface area contributed by atoms with Gasteiger partial charge in [-0.3, -0.25) is 4.79 Å². The van der Waals surface area contributed by atoms with Crippen molar-refractivity contribution in [2.45, 2.75) is 39.3 Å². The molecule has 0 spiro atoms. The summed E-state index contributed by atoms with van der Waals surface area (Å²) in [5.41, 5.74) is -0.493. The summed E-state index contributed by atoms with van der Waals surface area (Å²) < 4.78 is 5.06. The molecule has 0 rings (SSSR count). The number of alkyl carbamates (subject to hydrolysis) is 1. The molecule has 3 N–H and O–H groups in total. The summed E-state index contributed by atoms with van der Waals surface area (Å²) in [5.74, 6) is -0.0812. The van der Waals surface area contributed by atoms with Gasteiger partial charge in [0.15, 0.2) is 0 Å². The first-order valence-electron chi connectivity index (χ1n) is 5.68. The van der Waals surface area contributed by atoms with Crippen molar-refractivity contribution < 1.29 is 14.3 Å². The zero-order valence-corrected chi connectivity index (χ0v) is 11.2. The average Bonchev–Trinajstić information content (AvgIpc) is 2.20. The first kappa shape index (κ1) is 15.7. The lowest BCUT2D eigenvalue weighted by Crippen LogP contribution is -2.44. The van der Waals surface area contributed by atoms with E-state index in [1.807, 2.05) is 0 Å². The molecule has 6 nitrogen and oxygen atoms in total. The number of hydrogen-bond donors (Lipinski definition) is 3. The lowest BCUT2D eigenvalue weighted by Gasteiger charge is -2.20. The third kappa shape index (κ3) is 8.50. The molecule has 0 aromatic heterocycles. The highest BCUT2D eigenvalue weighted by atomic mass is 16.6. The highest BCUT2D eigenvalue weighted by molar-refractivity contribution is 5.80. The maximum absolute atomic E-state index is 11.3. The van der Waals surface area contributed by atoms with Gasteiger partial charge in [-0.05, 0) is 27.7 Å². The van der Waals surface area contributed by atoms with E-state index in [4.69, 9.17) is 4.74 Å². The van der Waals surface area contributed by atoms with Crippen LogP contribution in [0.3, 0.4) is 0 Å². The van der Waals surface area contributed by atoms with Gasteiger partial charge in [-0.1, -0.05) is 0 Å². The van der Waals surface area contributed by atoms with E-state index in [1.54, 1.807) is 34.7 Å². The second-order valence-corrected chi connectivity index (χ2v) is 4.72. The topological polar surface area (TPSA) is 79.5 Å². The van der Waals surface area contributed by atoms with Gasteiger partial charge < -0.3 is 20.7 Å². The summed E-state index contributed by atoms with van der Waals surface area (Å²) in [6.07, 6.45) is -0.452. The van der Waals surface area contributed by atoms with E-state index in [1.165, 1.54) is 0 Å². The lowest BCUT2D eigenvalue weighted by atomic mass is 10.2. The molecule has 0 saturated heterocycles. The number of ether oxygens (including phenoxy) is 1. The van der Waals surface area contributed by atoms with Gasteiger partial charge in [0.1, 0.15) is 5.60 Å². The molecule has 0 aromatic rings. The molecule has 100 valence electrons. The SMILES string of the molecule is CNC(=O)C(C)NCCNC(=O)OC(C)(C)C. The molecule has 0 saturated carbocycles. The highest BCUT2D eigenvalue weighted by Gasteiger charge is 2.15. The van der Waals surface area contributed by atoms with Crippen LogP contribution in [0.2, 0.25) is 0 Å². The summed E-state index contributed by atoms with van der Waals surface area (Å²) in [6.45, 7) is 8.09. The molecular formula is C11H23N3O3. The van der Waals surface area contributed by atoms with Gasteiger partial charge in [0.05, 0.1) is 6.04 Å². The van der Waals surface area contributed by atoms with Crippen LogP contribution in [0.5, 0.6) is 0 Å². The summed E-state index contributed by atoms with van der Waals surface area (Å²) in [6, 6.07) is -0.277. The number of hydrogen-bond acceptors (Lipinski definition) is 4. The number of nitrogens with one attached hydrogen (secondary N) is 3. The van der Waals surface area contributed by atoms with Crippen LogP contribution < -0.4 is 16.0 Å². The van der Waals surface area contributed by atoms with Gasteiger partial charge in [0, 0.05) is 20.1 Å². The largest absolute Gasteiger partial charge is 0.444 e. The van der Waals surface area contributed by atoms with Gasteiger partial charge >= 0.3 is 6.09 Å². The number of amides is 2. The molecule has 0 aliphatic rings. The van der Waals surface area contributed by atoms with Crippen LogP contribution in [0.15, 0.2) is 0 Å². The van der Waals surface area contributed by atoms with Gasteiger partial charge in [-0.2, -0.15) is 0 Å². The lowest BCUT2D eigenvalue weighted by molar-refractivity contribution is -0.122. The van der Waals surface area contributed by atoms with Gasteiger partial charge in [0.25, 0.3) is 0 Å². The van der Waals surface area contributed by atoms with E-state index in [2.05, 4.69) is 16.0 Å². The van der Waals surface area contributed by atoms with E-state index >= 15 is 0 Å². The molecular weight excluding hydrogens is 222 g/mol. The zero-order valence-electron chi connectivity index (χ0n) is 11.2. The minimum absolute atomic E-state index is 0.0812. The molecule has 1 atom stereocenters. The van der Waals surface area contributed by atoms with E-state index in [0.717, 1.165) is 0 Å². The Balaban J connectivity index is 3.65. The van der Waals surface area contributed by atoms with Crippen molar-refractivity contribution in [2.24, 2.45) is 0 Å². The normalized spacial score (nSPS) is 12.8. The van der Waals surface area contributed by atoms with Crippen molar-refractivity contribution in [3.63, 3.8) is 0 Å². The van der Waals surface area contributed by atoms with Crippen LogP contribution in [0.25, 0.3) is 0 Å². The fraction of sp³-hybridized carbons (Fsp3) is 0.818. The van der Waals surface area contributed by atoms with E-state index in [-0.39, 0.29) is 11.9 Å². The van der Waals surface area contributed by atoms with Crippen molar-refractivity contribution in [3.8, 4) is 0 Å². The third-order valence-electron chi connectivity index (χ3n) is 1.88. The third-order valence-corrected chi connectivity index (χ3v) is 1.88. The zero-order chi connectivity index (χ0) is 13.5. The Kier molecular flexibility index (Phi) is 6.57. The Morgan fingerprint density at radius 3 is 2.29 bits per heavy atom. The van der Waals surface area contributed by atoms with Crippen molar-refractivity contribution in [1.29, 1.82) is 0 Å². The number of carbonyl (C=O) groups excluding carboxylic acids is 2. The van der Waals surface area contributed by atoms with Crippen LogP contribution in [0, 0.1) is 0 Å². The monoisotopic (exact) mass is 245 g/mol. The second-order valence-electron chi connectivity index (χ2n) is 4.72. The highest BCUT2D eigenvalue weighted by Crippen LogP contribution is 2.05. The number of rotatable bonds is 5. The average molecular weight is 245 g/mol. The van der Waals surface area contributed by atoms with Crippen molar-refractivity contribution in [1.82, 2.24) is 16.0 Å². The van der Waals surface area contributed by atoms with Crippen molar-refractivity contribution in [3.05, 3.63) is 0 Å². The van der Waals surface area contributed by atoms with E-state index in [9.17, 15) is 9.59 Å². The second kappa shape index (κ2) is 7.11. The van der Waals surface area contributed by atoms with Crippen LogP contribution in [0.1, 0.15) is 27.7 Å². The van der Waals surface area contributed by atoms with Crippen LogP contribution >= 0.6 is 0 Å². The summed E-state index contributed by atoms with van der Waals surface area (Å²) >= 11 is 0. The standard InChI is InChI=1S/C11H23N3O3/c1-8(9(15)12-5)13-6-7-14-10(16)17-11(2,3)4/h8,13H,6-7H2,1-5H3,(H,12,15)(H,14,16). The predicted molar refractivity (Wildman–Crippen MR) is 65.8 cm³/mol. The Bertz CT molecular complexity index is 261. The first-order valence-corrected chi connectivity index (χ1v) is 5.68. The quantitative estimate of drug-likeness (QED) is 0.606. The Morgan fingerprint density at radius 2 is 1.82 bits per heavy atom.